The summed E-state index contributed by atoms with van der Waals surface area (Å²) in [5.41, 5.74) is 0. The van der Waals surface area contributed by atoms with Gasteiger partial charge in [-0.05, 0) is 18.8 Å². The average Bonchev–Trinajstić information content (AvgIpc) is 2.75. The van der Waals surface area contributed by atoms with Gasteiger partial charge in [-0.2, -0.15) is 0 Å². The Morgan fingerprint density at radius 1 is 0.400 bits per heavy atom. The van der Waals surface area contributed by atoms with Gasteiger partial charge in [0.15, 0.2) is 0 Å². The molecule has 1 heteroatoms. The van der Waals surface area contributed by atoms with Gasteiger partial charge in [-0.1, -0.05) is 162 Å². The Balaban J connectivity index is 3.29. The highest BCUT2D eigenvalue weighted by atomic mass is 35.5. The molecule has 0 spiro atoms. The second kappa shape index (κ2) is 25.5. The molecule has 30 heavy (non-hydrogen) atoms. The van der Waals surface area contributed by atoms with Crippen LogP contribution in [0, 0.1) is 5.92 Å². The van der Waals surface area contributed by atoms with Crippen LogP contribution in [0.5, 0.6) is 0 Å². The highest BCUT2D eigenvalue weighted by Crippen LogP contribution is 2.24. The molecule has 0 heterocycles. The van der Waals surface area contributed by atoms with Gasteiger partial charge in [-0.3, -0.25) is 0 Å². The molecule has 0 fully saturated rings. The first-order valence-corrected chi connectivity index (χ1v) is 14.8. The lowest BCUT2D eigenvalue weighted by atomic mass is 9.95. The van der Waals surface area contributed by atoms with Crippen molar-refractivity contribution in [2.24, 2.45) is 5.92 Å². The molecule has 2 atom stereocenters. The van der Waals surface area contributed by atoms with E-state index in [1.807, 2.05) is 0 Å². The summed E-state index contributed by atoms with van der Waals surface area (Å²) < 4.78 is 0. The molecular weight excluding hydrogens is 384 g/mol. The van der Waals surface area contributed by atoms with Gasteiger partial charge in [0.05, 0.1) is 0 Å². The number of rotatable bonds is 25. The van der Waals surface area contributed by atoms with E-state index in [9.17, 15) is 0 Å². The van der Waals surface area contributed by atoms with Crippen LogP contribution < -0.4 is 0 Å². The molecule has 0 saturated heterocycles. The van der Waals surface area contributed by atoms with Crippen LogP contribution in [0.1, 0.15) is 175 Å². The van der Waals surface area contributed by atoms with Crippen LogP contribution in [-0.2, 0) is 0 Å². The molecule has 0 amide bonds. The first-order valence-electron chi connectivity index (χ1n) is 14.4. The van der Waals surface area contributed by atoms with E-state index in [1.165, 1.54) is 154 Å². The molecule has 0 aromatic carbocycles. The van der Waals surface area contributed by atoms with E-state index in [2.05, 4.69) is 20.8 Å². The van der Waals surface area contributed by atoms with Crippen molar-refractivity contribution >= 4 is 11.6 Å². The summed E-state index contributed by atoms with van der Waals surface area (Å²) in [6.45, 7) is 6.98. The minimum atomic E-state index is 0.409. The van der Waals surface area contributed by atoms with Gasteiger partial charge in [0, 0.05) is 5.38 Å². The largest absolute Gasteiger partial charge is 0.123 e. The van der Waals surface area contributed by atoms with E-state index in [0.717, 1.165) is 0 Å². The fourth-order valence-electron chi connectivity index (χ4n) is 4.60. The van der Waals surface area contributed by atoms with Gasteiger partial charge in [-0.15, -0.1) is 11.6 Å². The van der Waals surface area contributed by atoms with Gasteiger partial charge in [-0.25, -0.2) is 0 Å². The molecule has 0 aromatic heterocycles. The Bertz CT molecular complexity index is 301. The molecule has 0 aliphatic heterocycles. The molecule has 2 unspecified atom stereocenters. The molecule has 182 valence electrons. The second-order valence-corrected chi connectivity index (χ2v) is 10.7. The van der Waals surface area contributed by atoms with Crippen LogP contribution in [0.25, 0.3) is 0 Å². The summed E-state index contributed by atoms with van der Waals surface area (Å²) in [4.78, 5) is 0. The van der Waals surface area contributed by atoms with Crippen molar-refractivity contribution < 1.29 is 0 Å². The van der Waals surface area contributed by atoms with Crippen LogP contribution in [0.4, 0.5) is 0 Å². The maximum atomic E-state index is 6.68. The molecule has 0 N–H and O–H groups in total. The molecule has 0 aliphatic rings. The van der Waals surface area contributed by atoms with Gasteiger partial charge < -0.3 is 0 Å². The first-order chi connectivity index (χ1) is 14.7. The number of hydrogen-bond donors (Lipinski definition) is 0. The Kier molecular flexibility index (Phi) is 25.8. The van der Waals surface area contributed by atoms with E-state index >= 15 is 0 Å². The summed E-state index contributed by atoms with van der Waals surface area (Å²) >= 11 is 6.68. The molecular formula is C29H59Cl. The van der Waals surface area contributed by atoms with E-state index in [4.69, 9.17) is 11.6 Å². The predicted octanol–water partition coefficient (Wildman–Crippen LogP) is 11.6. The lowest BCUT2D eigenvalue weighted by Gasteiger charge is -2.18. The van der Waals surface area contributed by atoms with E-state index in [1.54, 1.807) is 0 Å². The standard InChI is InChI=1S/C29H59Cl/c1-4-6-8-10-12-14-16-17-18-20-22-24-26-28(3)29(30)27-25-23-21-19-15-13-11-9-7-5-2/h28-29H,4-27H2,1-3H3. The summed E-state index contributed by atoms with van der Waals surface area (Å²) in [6.07, 6.45) is 34.0. The molecule has 0 nitrogen and oxygen atoms in total. The lowest BCUT2D eigenvalue weighted by Crippen LogP contribution is -2.11. The van der Waals surface area contributed by atoms with E-state index < -0.39 is 0 Å². The Labute approximate surface area is 197 Å². The van der Waals surface area contributed by atoms with E-state index in [-0.39, 0.29) is 0 Å². The van der Waals surface area contributed by atoms with Crippen molar-refractivity contribution in [1.29, 1.82) is 0 Å². The summed E-state index contributed by atoms with van der Waals surface area (Å²) in [5.74, 6) is 0.702. The second-order valence-electron chi connectivity index (χ2n) is 10.1. The summed E-state index contributed by atoms with van der Waals surface area (Å²) in [5, 5.41) is 0.409. The normalized spacial score (nSPS) is 13.6. The fraction of sp³-hybridized carbons (Fsp3) is 1.00. The fourth-order valence-corrected chi connectivity index (χ4v) is 4.88. The average molecular weight is 443 g/mol. The minimum Gasteiger partial charge on any atom is -0.123 e. The summed E-state index contributed by atoms with van der Waals surface area (Å²) in [6, 6.07) is 0. The first kappa shape index (κ1) is 30.3. The number of hydrogen-bond acceptors (Lipinski definition) is 0. The zero-order valence-corrected chi connectivity index (χ0v) is 22.3. The predicted molar refractivity (Wildman–Crippen MR) is 141 cm³/mol. The van der Waals surface area contributed by atoms with Crippen molar-refractivity contribution in [2.45, 2.75) is 180 Å². The lowest BCUT2D eigenvalue weighted by molar-refractivity contribution is 0.436. The van der Waals surface area contributed by atoms with Gasteiger partial charge in [0.25, 0.3) is 0 Å². The van der Waals surface area contributed by atoms with Crippen LogP contribution in [0.2, 0.25) is 0 Å². The van der Waals surface area contributed by atoms with Gasteiger partial charge in [0.2, 0.25) is 0 Å². The molecule has 0 aliphatic carbocycles. The van der Waals surface area contributed by atoms with Gasteiger partial charge >= 0.3 is 0 Å². The zero-order valence-electron chi connectivity index (χ0n) is 21.5. The minimum absolute atomic E-state index is 0.409. The van der Waals surface area contributed by atoms with Gasteiger partial charge in [0.1, 0.15) is 0 Å². The third-order valence-electron chi connectivity index (χ3n) is 6.96. The van der Waals surface area contributed by atoms with Crippen molar-refractivity contribution in [1.82, 2.24) is 0 Å². The SMILES string of the molecule is CCCCCCCCCCCCCCC(C)C(Cl)CCCCCCCCCCCC. The van der Waals surface area contributed by atoms with Crippen molar-refractivity contribution in [2.75, 3.05) is 0 Å². The zero-order chi connectivity index (χ0) is 22.1. The highest BCUT2D eigenvalue weighted by molar-refractivity contribution is 6.20. The number of halogens is 1. The number of alkyl halides is 1. The summed E-state index contributed by atoms with van der Waals surface area (Å²) in [7, 11) is 0. The molecule has 0 bridgehead atoms. The Hall–Kier alpha value is 0.290. The highest BCUT2D eigenvalue weighted by Gasteiger charge is 2.13. The van der Waals surface area contributed by atoms with Crippen molar-refractivity contribution in [3.8, 4) is 0 Å². The van der Waals surface area contributed by atoms with Crippen molar-refractivity contribution in [3.05, 3.63) is 0 Å². The third kappa shape index (κ3) is 23.0. The molecule has 0 aromatic rings. The topological polar surface area (TPSA) is 0 Å². The molecule has 0 saturated carbocycles. The molecule has 0 radical (unpaired) electrons. The Morgan fingerprint density at radius 3 is 1.00 bits per heavy atom. The van der Waals surface area contributed by atoms with Crippen LogP contribution in [0.3, 0.4) is 0 Å². The van der Waals surface area contributed by atoms with Crippen LogP contribution in [-0.4, -0.2) is 5.38 Å². The maximum Gasteiger partial charge on any atom is 0.0361 e. The Morgan fingerprint density at radius 2 is 0.667 bits per heavy atom. The van der Waals surface area contributed by atoms with E-state index in [0.29, 0.717) is 11.3 Å². The molecule has 0 rings (SSSR count). The maximum absolute atomic E-state index is 6.68. The van der Waals surface area contributed by atoms with Crippen LogP contribution >= 0.6 is 11.6 Å². The van der Waals surface area contributed by atoms with Crippen LogP contribution in [0.15, 0.2) is 0 Å². The smallest absolute Gasteiger partial charge is 0.0361 e. The monoisotopic (exact) mass is 442 g/mol. The quantitative estimate of drug-likeness (QED) is 0.0972. The third-order valence-corrected chi connectivity index (χ3v) is 7.61. The van der Waals surface area contributed by atoms with Crippen molar-refractivity contribution in [3.63, 3.8) is 0 Å². The number of unbranched alkanes of at least 4 members (excludes halogenated alkanes) is 20.